The number of benzene rings is 1. The van der Waals surface area contributed by atoms with Gasteiger partial charge in [0.2, 0.25) is 0 Å². The molecule has 1 aromatic heterocycles. The molecule has 0 aliphatic heterocycles. The lowest BCUT2D eigenvalue weighted by atomic mass is 10.2. The van der Waals surface area contributed by atoms with Crippen LogP contribution in [-0.4, -0.2) is 34.7 Å². The summed E-state index contributed by atoms with van der Waals surface area (Å²) in [7, 11) is 0. The summed E-state index contributed by atoms with van der Waals surface area (Å²) in [5.74, 6) is -0.744. The zero-order valence-corrected chi connectivity index (χ0v) is 15.6. The van der Waals surface area contributed by atoms with Gasteiger partial charge in [0.25, 0.3) is 17.4 Å². The topological polar surface area (TPSA) is 93.1 Å². The van der Waals surface area contributed by atoms with Crippen molar-refractivity contribution in [3.8, 4) is 0 Å². The molecular weight excluding hydrogens is 379 g/mol. The maximum atomic E-state index is 12.1. The Hall–Kier alpha value is -2.38. The minimum Gasteiger partial charge on any atom is -0.350 e. The normalized spacial score (nSPS) is 10.4. The summed E-state index contributed by atoms with van der Waals surface area (Å²) >= 11 is 11.7. The predicted molar refractivity (Wildman–Crippen MR) is 99.9 cm³/mol. The van der Waals surface area contributed by atoms with Crippen LogP contribution in [0.5, 0.6) is 0 Å². The summed E-state index contributed by atoms with van der Waals surface area (Å²) in [5, 5.41) is 9.98. The number of nitrogens with one attached hydrogen (secondary N) is 2. The fourth-order valence-electron chi connectivity index (χ4n) is 2.12. The number of halogens is 2. The average Bonchev–Trinajstić information content (AvgIpc) is 2.62. The molecule has 9 heteroatoms. The van der Waals surface area contributed by atoms with Gasteiger partial charge in [0.15, 0.2) is 0 Å². The Kier molecular flexibility index (Phi) is 7.17. The van der Waals surface area contributed by atoms with Crippen molar-refractivity contribution in [2.75, 3.05) is 13.1 Å². The lowest BCUT2D eigenvalue weighted by Crippen LogP contribution is -2.36. The van der Waals surface area contributed by atoms with Crippen molar-refractivity contribution < 1.29 is 9.59 Å². The molecule has 7 nitrogen and oxygen atoms in total. The minimum absolute atomic E-state index is 0.147. The smallest absolute Gasteiger partial charge is 0.271 e. The van der Waals surface area contributed by atoms with E-state index in [0.29, 0.717) is 22.2 Å². The molecule has 0 unspecified atom stereocenters. The van der Waals surface area contributed by atoms with Crippen LogP contribution in [0.15, 0.2) is 35.1 Å². The van der Waals surface area contributed by atoms with Gasteiger partial charge in [-0.25, -0.2) is 4.68 Å². The summed E-state index contributed by atoms with van der Waals surface area (Å²) in [4.78, 5) is 35.7. The van der Waals surface area contributed by atoms with Crippen LogP contribution in [-0.2, 0) is 6.54 Å². The number of amides is 2. The molecule has 0 radical (unpaired) electrons. The molecular formula is C17H18Cl2N4O3. The monoisotopic (exact) mass is 396 g/mol. The Morgan fingerprint density at radius 2 is 1.73 bits per heavy atom. The quantitative estimate of drug-likeness (QED) is 0.700. The second kappa shape index (κ2) is 9.35. The molecule has 2 amide bonds. The molecule has 1 heterocycles. The van der Waals surface area contributed by atoms with Gasteiger partial charge in [-0.05, 0) is 30.7 Å². The van der Waals surface area contributed by atoms with Gasteiger partial charge in [-0.3, -0.25) is 14.4 Å². The van der Waals surface area contributed by atoms with Gasteiger partial charge in [0, 0.05) is 31.3 Å². The number of carbonyl (C=O) groups is 2. The molecule has 138 valence electrons. The Bertz CT molecular complexity index is 867. The second-order valence-corrected chi connectivity index (χ2v) is 6.24. The van der Waals surface area contributed by atoms with Crippen LogP contribution in [0.4, 0.5) is 0 Å². The van der Waals surface area contributed by atoms with Crippen molar-refractivity contribution in [3.63, 3.8) is 0 Å². The molecule has 2 rings (SSSR count). The fourth-order valence-corrected chi connectivity index (χ4v) is 2.42. The van der Waals surface area contributed by atoms with Crippen molar-refractivity contribution in [3.05, 3.63) is 62.0 Å². The Morgan fingerprint density at radius 3 is 2.38 bits per heavy atom. The van der Waals surface area contributed by atoms with Crippen LogP contribution < -0.4 is 16.2 Å². The zero-order chi connectivity index (χ0) is 19.1. The van der Waals surface area contributed by atoms with E-state index in [0.717, 1.165) is 6.42 Å². The third kappa shape index (κ3) is 5.31. The van der Waals surface area contributed by atoms with Gasteiger partial charge in [-0.15, -0.1) is 0 Å². The molecule has 2 aromatic rings. The van der Waals surface area contributed by atoms with Gasteiger partial charge < -0.3 is 10.6 Å². The Morgan fingerprint density at radius 1 is 1.04 bits per heavy atom. The number of nitrogens with zero attached hydrogens (tertiary/aromatic N) is 2. The van der Waals surface area contributed by atoms with E-state index in [-0.39, 0.29) is 30.2 Å². The van der Waals surface area contributed by atoms with E-state index in [1.54, 1.807) is 6.07 Å². The van der Waals surface area contributed by atoms with Gasteiger partial charge in [-0.2, -0.15) is 5.10 Å². The Balaban J connectivity index is 1.84. The largest absolute Gasteiger partial charge is 0.350 e. The first-order valence-electron chi connectivity index (χ1n) is 8.02. The van der Waals surface area contributed by atoms with Crippen LogP contribution in [0, 0.1) is 0 Å². The van der Waals surface area contributed by atoms with E-state index in [1.165, 1.54) is 28.9 Å². The molecule has 0 fully saturated rings. The number of rotatable bonds is 7. The van der Waals surface area contributed by atoms with Crippen LogP contribution in [0.1, 0.15) is 34.2 Å². The molecule has 0 atom stereocenters. The predicted octanol–water partition coefficient (Wildman–Crippen LogP) is 2.12. The van der Waals surface area contributed by atoms with E-state index in [1.807, 2.05) is 6.92 Å². The van der Waals surface area contributed by atoms with Gasteiger partial charge >= 0.3 is 0 Å². The van der Waals surface area contributed by atoms with E-state index in [9.17, 15) is 14.4 Å². The first kappa shape index (κ1) is 19.9. The molecule has 0 bridgehead atoms. The van der Waals surface area contributed by atoms with Crippen molar-refractivity contribution in [1.82, 2.24) is 20.4 Å². The van der Waals surface area contributed by atoms with E-state index < -0.39 is 5.91 Å². The average molecular weight is 397 g/mol. The van der Waals surface area contributed by atoms with Crippen LogP contribution in [0.25, 0.3) is 0 Å². The van der Waals surface area contributed by atoms with Crippen molar-refractivity contribution in [2.24, 2.45) is 0 Å². The van der Waals surface area contributed by atoms with Gasteiger partial charge in [-0.1, -0.05) is 30.1 Å². The second-order valence-electron chi connectivity index (χ2n) is 5.42. The third-order valence-corrected chi connectivity index (χ3v) is 4.15. The van der Waals surface area contributed by atoms with Crippen molar-refractivity contribution in [2.45, 2.75) is 19.9 Å². The number of hydrogen-bond acceptors (Lipinski definition) is 4. The highest BCUT2D eigenvalue weighted by molar-refractivity contribution is 6.42. The highest BCUT2D eigenvalue weighted by atomic mass is 35.5. The lowest BCUT2D eigenvalue weighted by Gasteiger charge is -2.08. The Labute approximate surface area is 160 Å². The van der Waals surface area contributed by atoms with Crippen LogP contribution in [0.2, 0.25) is 10.0 Å². The molecule has 0 saturated heterocycles. The number of aromatic nitrogens is 2. The van der Waals surface area contributed by atoms with Crippen molar-refractivity contribution >= 4 is 35.0 Å². The molecule has 0 spiro atoms. The number of hydrogen-bond donors (Lipinski definition) is 2. The van der Waals surface area contributed by atoms with Crippen molar-refractivity contribution in [1.29, 1.82) is 0 Å². The maximum Gasteiger partial charge on any atom is 0.271 e. The third-order valence-electron chi connectivity index (χ3n) is 3.41. The summed E-state index contributed by atoms with van der Waals surface area (Å²) in [6.45, 7) is 2.79. The fraction of sp³-hybridized carbons (Fsp3) is 0.294. The molecule has 0 aliphatic carbocycles. The van der Waals surface area contributed by atoms with E-state index in [2.05, 4.69) is 15.7 Å². The molecule has 26 heavy (non-hydrogen) atoms. The first-order chi connectivity index (χ1) is 12.4. The summed E-state index contributed by atoms with van der Waals surface area (Å²) in [5.41, 5.74) is 0.269. The van der Waals surface area contributed by atoms with E-state index >= 15 is 0 Å². The van der Waals surface area contributed by atoms with Crippen LogP contribution >= 0.6 is 23.2 Å². The van der Waals surface area contributed by atoms with Crippen LogP contribution in [0.3, 0.4) is 0 Å². The molecule has 1 aromatic carbocycles. The summed E-state index contributed by atoms with van der Waals surface area (Å²) in [6, 6.07) is 7.25. The summed E-state index contributed by atoms with van der Waals surface area (Å²) < 4.78 is 1.25. The van der Waals surface area contributed by atoms with E-state index in [4.69, 9.17) is 23.2 Å². The zero-order valence-electron chi connectivity index (χ0n) is 14.1. The lowest BCUT2D eigenvalue weighted by molar-refractivity contribution is 0.0923. The maximum absolute atomic E-state index is 12.1. The highest BCUT2D eigenvalue weighted by Gasteiger charge is 2.10. The van der Waals surface area contributed by atoms with Gasteiger partial charge in [0.1, 0.15) is 5.69 Å². The number of carbonyl (C=O) groups excluding carboxylic acids is 2. The molecule has 2 N–H and O–H groups in total. The standard InChI is InChI=1S/C17H18Cl2N4O3/c1-2-9-23-15(24)6-5-14(22-23)17(26)21-8-7-20-16(25)11-3-4-12(18)13(19)10-11/h3-6,10H,2,7-9H2,1H3,(H,20,25)(H,21,26). The minimum atomic E-state index is -0.418. The summed E-state index contributed by atoms with van der Waals surface area (Å²) in [6.07, 6.45) is 0.735. The highest BCUT2D eigenvalue weighted by Crippen LogP contribution is 2.22. The SMILES string of the molecule is CCCn1nc(C(=O)NCCNC(=O)c2ccc(Cl)c(Cl)c2)ccc1=O. The molecule has 0 saturated carbocycles. The number of aryl methyl sites for hydroxylation is 1. The molecule has 0 aliphatic rings. The van der Waals surface area contributed by atoms with Gasteiger partial charge in [0.05, 0.1) is 10.0 Å². The first-order valence-corrected chi connectivity index (χ1v) is 8.77.